The van der Waals surface area contributed by atoms with Crippen molar-refractivity contribution in [1.29, 1.82) is 0 Å². The molecule has 1 N–H and O–H groups in total. The monoisotopic (exact) mass is 169 g/mol. The number of ether oxygens (including phenoxy) is 1. The minimum atomic E-state index is -0.707. The number of ketones is 1. The molecule has 0 radical (unpaired) electrons. The number of carbonyl (C=O) groups excluding carboxylic acids is 2. The zero-order chi connectivity index (χ0) is 8.97. The number of carbonyl (C=O) groups is 1. The Morgan fingerprint density at radius 2 is 2.50 bits per heavy atom. The summed E-state index contributed by atoms with van der Waals surface area (Å²) in [7, 11) is 0. The van der Waals surface area contributed by atoms with E-state index in [0.717, 1.165) is 0 Å². The van der Waals surface area contributed by atoms with Gasteiger partial charge >= 0.3 is 0 Å². The minimum absolute atomic E-state index is 0.0473. The van der Waals surface area contributed by atoms with E-state index in [9.17, 15) is 9.59 Å². The molecule has 0 aromatic carbocycles. The third-order valence-electron chi connectivity index (χ3n) is 1.68. The summed E-state index contributed by atoms with van der Waals surface area (Å²) in [4.78, 5) is 21.5. The first kappa shape index (κ1) is 8.97. The Morgan fingerprint density at radius 1 is 1.75 bits per heavy atom. The highest BCUT2D eigenvalue weighted by Gasteiger charge is 2.27. The maximum absolute atomic E-state index is 11.2. The van der Waals surface area contributed by atoms with Crippen molar-refractivity contribution < 1.29 is 14.3 Å². The second-order valence-electron chi connectivity index (χ2n) is 2.49. The van der Waals surface area contributed by atoms with Crippen molar-refractivity contribution in [3.8, 4) is 0 Å². The second kappa shape index (κ2) is 4.04. The van der Waals surface area contributed by atoms with Crippen LogP contribution in [0.4, 0.5) is 0 Å². The molecule has 1 unspecified atom stereocenters. The molecule has 1 rings (SSSR count). The van der Waals surface area contributed by atoms with Gasteiger partial charge in [0.05, 0.1) is 0 Å². The van der Waals surface area contributed by atoms with Crippen LogP contribution >= 0.6 is 0 Å². The van der Waals surface area contributed by atoms with E-state index >= 15 is 0 Å². The van der Waals surface area contributed by atoms with E-state index in [1.165, 1.54) is 0 Å². The van der Waals surface area contributed by atoms with Gasteiger partial charge in [-0.25, -0.2) is 4.79 Å². The van der Waals surface area contributed by atoms with Gasteiger partial charge in [-0.2, -0.15) is 0 Å². The Morgan fingerprint density at radius 3 is 3.08 bits per heavy atom. The van der Waals surface area contributed by atoms with Crippen LogP contribution < -0.4 is 5.32 Å². The van der Waals surface area contributed by atoms with E-state index in [-0.39, 0.29) is 11.5 Å². The lowest BCUT2D eigenvalue weighted by Crippen LogP contribution is -2.41. The van der Waals surface area contributed by atoms with E-state index in [1.54, 1.807) is 12.9 Å². The molecule has 0 amide bonds. The molecule has 0 aromatic rings. The topological polar surface area (TPSA) is 55.4 Å². The summed E-state index contributed by atoms with van der Waals surface area (Å²) in [6.07, 6.45) is -0.295. The molecule has 66 valence electrons. The van der Waals surface area contributed by atoms with Gasteiger partial charge < -0.3 is 10.1 Å². The van der Waals surface area contributed by atoms with Gasteiger partial charge in [0.1, 0.15) is 11.6 Å². The Kier molecular flexibility index (Phi) is 3.02. The fraction of sp³-hybridized carbons (Fsp3) is 0.625. The van der Waals surface area contributed by atoms with Gasteiger partial charge in [0.2, 0.25) is 0 Å². The van der Waals surface area contributed by atoms with E-state index < -0.39 is 6.10 Å². The molecule has 1 saturated heterocycles. The molecular formula is C8H11NO3. The average molecular weight is 169 g/mol. The molecule has 4 nitrogen and oxygen atoms in total. The number of hydrogen-bond donors (Lipinski definition) is 1. The number of nitrogens with one attached hydrogen (secondary N) is 1. The largest absolute Gasteiger partial charge is 0.376 e. The van der Waals surface area contributed by atoms with Crippen LogP contribution in [0.15, 0.2) is 5.70 Å². The van der Waals surface area contributed by atoms with Crippen LogP contribution in [0.1, 0.15) is 13.3 Å². The lowest BCUT2D eigenvalue weighted by Gasteiger charge is -2.22. The van der Waals surface area contributed by atoms with E-state index in [2.05, 4.69) is 5.32 Å². The molecule has 1 aliphatic rings. The molecule has 0 bridgehead atoms. The number of rotatable bonds is 2. The maximum atomic E-state index is 11.2. The van der Waals surface area contributed by atoms with Crippen LogP contribution in [0.3, 0.4) is 0 Å². The second-order valence-corrected chi connectivity index (χ2v) is 2.49. The number of hydrogen-bond acceptors (Lipinski definition) is 4. The molecular weight excluding hydrogens is 158 g/mol. The summed E-state index contributed by atoms with van der Waals surface area (Å²) >= 11 is 0. The van der Waals surface area contributed by atoms with Gasteiger partial charge in [-0.1, -0.05) is 0 Å². The first-order valence-corrected chi connectivity index (χ1v) is 3.92. The number of piperidine rings is 1. The molecule has 1 fully saturated rings. The van der Waals surface area contributed by atoms with Crippen molar-refractivity contribution in [2.24, 2.45) is 0 Å². The Balaban J connectivity index is 2.73. The maximum Gasteiger partial charge on any atom is 0.170 e. The lowest BCUT2D eigenvalue weighted by atomic mass is 10.1. The molecule has 0 saturated carbocycles. The van der Waals surface area contributed by atoms with E-state index in [0.29, 0.717) is 19.6 Å². The fourth-order valence-electron chi connectivity index (χ4n) is 1.14. The summed E-state index contributed by atoms with van der Waals surface area (Å²) in [5.41, 5.74) is 0.230. The van der Waals surface area contributed by atoms with Crippen molar-refractivity contribution in [3.05, 3.63) is 5.70 Å². The fourth-order valence-corrected chi connectivity index (χ4v) is 1.14. The third kappa shape index (κ3) is 1.72. The average Bonchev–Trinajstić information content (AvgIpc) is 2.09. The van der Waals surface area contributed by atoms with Crippen LogP contribution in [-0.4, -0.2) is 31.0 Å². The highest BCUT2D eigenvalue weighted by atomic mass is 16.5. The van der Waals surface area contributed by atoms with Crippen LogP contribution in [0.5, 0.6) is 0 Å². The van der Waals surface area contributed by atoms with Crippen LogP contribution in [0.25, 0.3) is 0 Å². The Hall–Kier alpha value is -1.12. The molecule has 1 atom stereocenters. The van der Waals surface area contributed by atoms with Crippen molar-refractivity contribution in [1.82, 2.24) is 5.32 Å². The van der Waals surface area contributed by atoms with E-state index in [1.807, 2.05) is 0 Å². The third-order valence-corrected chi connectivity index (χ3v) is 1.68. The normalized spacial score (nSPS) is 23.2. The summed E-state index contributed by atoms with van der Waals surface area (Å²) in [5.74, 6) is 1.63. The first-order chi connectivity index (χ1) is 5.79. The SMILES string of the molecule is CCOC1C(=O)CCNC1=C=O. The lowest BCUT2D eigenvalue weighted by molar-refractivity contribution is -0.129. The standard InChI is InChI=1S/C8H11NO3/c1-2-12-8-6(5-10)9-4-3-7(8)11/h8-9H,2-4H2,1H3. The molecule has 0 spiro atoms. The molecule has 1 aliphatic heterocycles. The van der Waals surface area contributed by atoms with Gasteiger partial charge in [-0.05, 0) is 6.92 Å². The molecule has 0 aliphatic carbocycles. The van der Waals surface area contributed by atoms with Crippen LogP contribution in [0, 0.1) is 0 Å². The predicted molar refractivity (Wildman–Crippen MR) is 42.2 cm³/mol. The van der Waals surface area contributed by atoms with Gasteiger partial charge in [0.25, 0.3) is 0 Å². The number of Topliss-reactive ketones (excluding diaryl/α,β-unsaturated/α-hetero) is 1. The van der Waals surface area contributed by atoms with Gasteiger partial charge in [0.15, 0.2) is 11.9 Å². The van der Waals surface area contributed by atoms with Gasteiger partial charge in [-0.15, -0.1) is 0 Å². The summed E-state index contributed by atoms with van der Waals surface area (Å²) in [5, 5.41) is 2.78. The Bertz CT molecular complexity index is 230. The first-order valence-electron chi connectivity index (χ1n) is 3.92. The van der Waals surface area contributed by atoms with Gasteiger partial charge in [-0.3, -0.25) is 4.79 Å². The summed E-state index contributed by atoms with van der Waals surface area (Å²) in [6.45, 7) is 2.71. The van der Waals surface area contributed by atoms with Crippen molar-refractivity contribution in [2.75, 3.05) is 13.2 Å². The van der Waals surface area contributed by atoms with Crippen molar-refractivity contribution >= 4 is 11.7 Å². The van der Waals surface area contributed by atoms with Crippen LogP contribution in [-0.2, 0) is 14.3 Å². The van der Waals surface area contributed by atoms with Gasteiger partial charge in [0, 0.05) is 19.6 Å². The quantitative estimate of drug-likeness (QED) is 0.575. The molecule has 12 heavy (non-hydrogen) atoms. The zero-order valence-corrected chi connectivity index (χ0v) is 6.92. The molecule has 4 heteroatoms. The smallest absolute Gasteiger partial charge is 0.170 e. The zero-order valence-electron chi connectivity index (χ0n) is 6.92. The van der Waals surface area contributed by atoms with Crippen molar-refractivity contribution in [2.45, 2.75) is 19.4 Å². The van der Waals surface area contributed by atoms with Crippen LogP contribution in [0.2, 0.25) is 0 Å². The van der Waals surface area contributed by atoms with Crippen molar-refractivity contribution in [3.63, 3.8) is 0 Å². The Labute approximate surface area is 70.6 Å². The highest BCUT2D eigenvalue weighted by Crippen LogP contribution is 2.09. The highest BCUT2D eigenvalue weighted by molar-refractivity contribution is 5.89. The predicted octanol–water partition coefficient (Wildman–Crippen LogP) is -0.331. The summed E-state index contributed by atoms with van der Waals surface area (Å²) < 4.78 is 5.09. The molecule has 0 aromatic heterocycles. The van der Waals surface area contributed by atoms with E-state index in [4.69, 9.17) is 4.74 Å². The minimum Gasteiger partial charge on any atom is -0.376 e. The summed E-state index contributed by atoms with van der Waals surface area (Å²) in [6, 6.07) is 0. The molecule has 1 heterocycles.